The van der Waals surface area contributed by atoms with Gasteiger partial charge in [-0.25, -0.2) is 0 Å². The van der Waals surface area contributed by atoms with Crippen molar-refractivity contribution < 1.29 is 14.6 Å². The largest absolute Gasteiger partial charge is 0.492 e. The summed E-state index contributed by atoms with van der Waals surface area (Å²) >= 11 is 1.14. The number of carboxylic acid groups (broad SMARTS) is 1. The van der Waals surface area contributed by atoms with Crippen molar-refractivity contribution in [1.82, 2.24) is 14.8 Å². The molecule has 0 amide bonds. The lowest BCUT2D eigenvalue weighted by atomic mass is 10.3. The van der Waals surface area contributed by atoms with Gasteiger partial charge in [0.25, 0.3) is 0 Å². The fourth-order valence-corrected chi connectivity index (χ4v) is 2.08. The van der Waals surface area contributed by atoms with Gasteiger partial charge in [-0.15, -0.1) is 10.2 Å². The second-order valence-electron chi connectivity index (χ2n) is 3.65. The second-order valence-corrected chi connectivity index (χ2v) is 4.59. The Bertz CT molecular complexity index is 530. The number of hydrogen-bond acceptors (Lipinski definition) is 5. The molecular formula is C12H13N3O3S. The van der Waals surface area contributed by atoms with E-state index in [0.717, 1.165) is 17.5 Å². The molecule has 0 saturated heterocycles. The van der Waals surface area contributed by atoms with Gasteiger partial charge in [-0.2, -0.15) is 0 Å². The summed E-state index contributed by atoms with van der Waals surface area (Å²) in [6.45, 7) is 1.05. The fraction of sp³-hybridized carbons (Fsp3) is 0.250. The van der Waals surface area contributed by atoms with Crippen molar-refractivity contribution in [3.8, 4) is 5.75 Å². The van der Waals surface area contributed by atoms with Crippen molar-refractivity contribution in [2.45, 2.75) is 11.7 Å². The first-order chi connectivity index (χ1) is 9.25. The van der Waals surface area contributed by atoms with Crippen LogP contribution < -0.4 is 4.74 Å². The average Bonchev–Trinajstić information content (AvgIpc) is 2.85. The molecule has 19 heavy (non-hydrogen) atoms. The second kappa shape index (κ2) is 6.79. The molecule has 0 unspecified atom stereocenters. The third-order valence-corrected chi connectivity index (χ3v) is 3.21. The molecule has 1 N–H and O–H groups in total. The van der Waals surface area contributed by atoms with E-state index in [4.69, 9.17) is 9.84 Å². The highest BCUT2D eigenvalue weighted by atomic mass is 32.2. The van der Waals surface area contributed by atoms with Crippen LogP contribution in [0.3, 0.4) is 0 Å². The van der Waals surface area contributed by atoms with Crippen molar-refractivity contribution in [2.75, 3.05) is 12.4 Å². The standard InChI is InChI=1S/C12H13N3O3S/c16-11(17)8-19-12-14-13-9-15(12)6-7-18-10-4-2-1-3-5-10/h1-5,9H,6-8H2,(H,16,17). The van der Waals surface area contributed by atoms with Gasteiger partial charge in [0, 0.05) is 0 Å². The van der Waals surface area contributed by atoms with E-state index in [9.17, 15) is 4.79 Å². The number of benzene rings is 1. The van der Waals surface area contributed by atoms with E-state index in [1.165, 1.54) is 0 Å². The number of carbonyl (C=O) groups is 1. The van der Waals surface area contributed by atoms with Crippen LogP contribution in [0.5, 0.6) is 5.75 Å². The Morgan fingerprint density at radius 3 is 2.89 bits per heavy atom. The van der Waals surface area contributed by atoms with Crippen LogP contribution in [0, 0.1) is 0 Å². The maximum Gasteiger partial charge on any atom is 0.313 e. The molecule has 2 aromatic rings. The molecule has 2 rings (SSSR count). The Morgan fingerprint density at radius 1 is 1.37 bits per heavy atom. The highest BCUT2D eigenvalue weighted by Gasteiger charge is 2.07. The lowest BCUT2D eigenvalue weighted by Crippen LogP contribution is -2.09. The lowest BCUT2D eigenvalue weighted by Gasteiger charge is -2.07. The molecule has 0 fully saturated rings. The molecule has 0 aliphatic heterocycles. The summed E-state index contributed by atoms with van der Waals surface area (Å²) in [5.41, 5.74) is 0. The third kappa shape index (κ3) is 4.29. The molecule has 0 spiro atoms. The Balaban J connectivity index is 1.83. The first-order valence-corrected chi connectivity index (χ1v) is 6.64. The minimum absolute atomic E-state index is 0.0295. The first-order valence-electron chi connectivity index (χ1n) is 5.66. The maximum atomic E-state index is 10.5. The fourth-order valence-electron chi connectivity index (χ4n) is 1.41. The summed E-state index contributed by atoms with van der Waals surface area (Å²) in [5, 5.41) is 16.8. The summed E-state index contributed by atoms with van der Waals surface area (Å²) in [5.74, 6) is -0.103. The van der Waals surface area contributed by atoms with Crippen molar-refractivity contribution in [3.63, 3.8) is 0 Å². The minimum Gasteiger partial charge on any atom is -0.492 e. The maximum absolute atomic E-state index is 10.5. The monoisotopic (exact) mass is 279 g/mol. The summed E-state index contributed by atoms with van der Waals surface area (Å²) in [6.07, 6.45) is 1.57. The lowest BCUT2D eigenvalue weighted by molar-refractivity contribution is -0.133. The highest BCUT2D eigenvalue weighted by Crippen LogP contribution is 2.14. The number of thioether (sulfide) groups is 1. The number of carboxylic acids is 1. The van der Waals surface area contributed by atoms with Crippen LogP contribution in [-0.4, -0.2) is 38.2 Å². The summed E-state index contributed by atoms with van der Waals surface area (Å²) in [4.78, 5) is 10.5. The Kier molecular flexibility index (Phi) is 4.79. The van der Waals surface area contributed by atoms with Gasteiger partial charge < -0.3 is 14.4 Å². The predicted octanol–water partition coefficient (Wildman–Crippen LogP) is 1.53. The van der Waals surface area contributed by atoms with Gasteiger partial charge in [0.15, 0.2) is 5.16 Å². The first kappa shape index (κ1) is 13.4. The van der Waals surface area contributed by atoms with E-state index >= 15 is 0 Å². The molecule has 100 valence electrons. The molecule has 6 nitrogen and oxygen atoms in total. The van der Waals surface area contributed by atoms with Crippen LogP contribution in [-0.2, 0) is 11.3 Å². The quantitative estimate of drug-likeness (QED) is 0.775. The van der Waals surface area contributed by atoms with E-state index in [0.29, 0.717) is 18.3 Å². The number of para-hydroxylation sites is 1. The Labute approximate surface area is 114 Å². The van der Waals surface area contributed by atoms with Gasteiger partial charge >= 0.3 is 5.97 Å². The number of aliphatic carboxylic acids is 1. The molecule has 0 saturated carbocycles. The van der Waals surface area contributed by atoms with Gasteiger partial charge in [0.05, 0.1) is 12.3 Å². The molecule has 0 aliphatic rings. The molecule has 0 radical (unpaired) electrons. The molecule has 0 bridgehead atoms. The van der Waals surface area contributed by atoms with Gasteiger partial charge in [0.1, 0.15) is 18.7 Å². The summed E-state index contributed by atoms with van der Waals surface area (Å²) in [7, 11) is 0. The van der Waals surface area contributed by atoms with Crippen LogP contribution in [0.4, 0.5) is 0 Å². The summed E-state index contributed by atoms with van der Waals surface area (Å²) < 4.78 is 7.33. The third-order valence-electron chi connectivity index (χ3n) is 2.25. The number of rotatable bonds is 7. The zero-order valence-corrected chi connectivity index (χ0v) is 10.9. The molecule has 7 heteroatoms. The Morgan fingerprint density at radius 2 is 2.16 bits per heavy atom. The van der Waals surface area contributed by atoms with Crippen molar-refractivity contribution >= 4 is 17.7 Å². The van der Waals surface area contributed by atoms with Crippen molar-refractivity contribution in [3.05, 3.63) is 36.7 Å². The van der Waals surface area contributed by atoms with Gasteiger partial charge in [-0.1, -0.05) is 30.0 Å². The summed E-state index contributed by atoms with van der Waals surface area (Å²) in [6, 6.07) is 9.50. The van der Waals surface area contributed by atoms with Gasteiger partial charge in [-0.3, -0.25) is 4.79 Å². The normalized spacial score (nSPS) is 10.3. The molecule has 0 aliphatic carbocycles. The van der Waals surface area contributed by atoms with Crippen LogP contribution in [0.2, 0.25) is 0 Å². The van der Waals surface area contributed by atoms with Crippen LogP contribution in [0.15, 0.2) is 41.8 Å². The van der Waals surface area contributed by atoms with E-state index in [1.54, 1.807) is 10.9 Å². The van der Waals surface area contributed by atoms with Crippen LogP contribution in [0.1, 0.15) is 0 Å². The number of ether oxygens (including phenoxy) is 1. The Hall–Kier alpha value is -2.02. The minimum atomic E-state index is -0.875. The molecule has 0 atom stereocenters. The van der Waals surface area contributed by atoms with E-state index in [-0.39, 0.29) is 5.75 Å². The smallest absolute Gasteiger partial charge is 0.313 e. The number of hydrogen-bond donors (Lipinski definition) is 1. The van der Waals surface area contributed by atoms with Crippen LogP contribution in [0.25, 0.3) is 0 Å². The van der Waals surface area contributed by atoms with E-state index < -0.39 is 5.97 Å². The zero-order valence-electron chi connectivity index (χ0n) is 10.1. The van der Waals surface area contributed by atoms with Crippen LogP contribution >= 0.6 is 11.8 Å². The van der Waals surface area contributed by atoms with Crippen molar-refractivity contribution in [2.24, 2.45) is 0 Å². The van der Waals surface area contributed by atoms with Gasteiger partial charge in [0.2, 0.25) is 0 Å². The predicted molar refractivity (Wildman–Crippen MR) is 70.3 cm³/mol. The molecular weight excluding hydrogens is 266 g/mol. The molecule has 1 heterocycles. The molecule has 1 aromatic carbocycles. The van der Waals surface area contributed by atoms with E-state index in [1.807, 2.05) is 30.3 Å². The SMILES string of the molecule is O=C(O)CSc1nncn1CCOc1ccccc1. The topological polar surface area (TPSA) is 77.2 Å². The van der Waals surface area contributed by atoms with Crippen molar-refractivity contribution in [1.29, 1.82) is 0 Å². The number of nitrogens with zero attached hydrogens (tertiary/aromatic N) is 3. The molecule has 1 aromatic heterocycles. The average molecular weight is 279 g/mol. The number of aromatic nitrogens is 3. The highest BCUT2D eigenvalue weighted by molar-refractivity contribution is 7.99. The zero-order chi connectivity index (χ0) is 13.5. The van der Waals surface area contributed by atoms with E-state index in [2.05, 4.69) is 10.2 Å². The van der Waals surface area contributed by atoms with Gasteiger partial charge in [-0.05, 0) is 12.1 Å².